The van der Waals surface area contributed by atoms with Crippen LogP contribution in [0.25, 0.3) is 0 Å². The van der Waals surface area contributed by atoms with Crippen LogP contribution in [0.1, 0.15) is 30.6 Å². The summed E-state index contributed by atoms with van der Waals surface area (Å²) in [6.07, 6.45) is 0.932. The van der Waals surface area contributed by atoms with Crippen LogP contribution in [0, 0.1) is 0 Å². The Hall–Kier alpha value is -1.47. The number of ether oxygens (including phenoxy) is 4. The molecule has 0 saturated carbocycles. The molecule has 1 amide bonds. The van der Waals surface area contributed by atoms with E-state index in [0.29, 0.717) is 40.4 Å². The van der Waals surface area contributed by atoms with Crippen molar-refractivity contribution >= 4 is 21.8 Å². The molecule has 0 aliphatic heterocycles. The maximum atomic E-state index is 12.4. The Balaban J connectivity index is 2.84. The molecule has 0 radical (unpaired) electrons. The molecule has 130 valence electrons. The summed E-state index contributed by atoms with van der Waals surface area (Å²) >= 11 is 3.39. The highest BCUT2D eigenvalue weighted by Gasteiger charge is 2.22. The fourth-order valence-electron chi connectivity index (χ4n) is 1.97. The average molecular weight is 390 g/mol. The lowest BCUT2D eigenvalue weighted by Gasteiger charge is -2.16. The van der Waals surface area contributed by atoms with Gasteiger partial charge in [0.05, 0.1) is 37.5 Å². The van der Waals surface area contributed by atoms with Crippen LogP contribution >= 0.6 is 15.9 Å². The lowest BCUT2D eigenvalue weighted by atomic mass is 10.1. The topological polar surface area (TPSA) is 66.0 Å². The van der Waals surface area contributed by atoms with E-state index in [2.05, 4.69) is 21.2 Å². The molecular weight excluding hydrogens is 366 g/mol. The molecule has 23 heavy (non-hydrogen) atoms. The third-order valence-corrected chi connectivity index (χ3v) is 3.86. The molecule has 0 atom stereocenters. The average Bonchev–Trinajstić information content (AvgIpc) is 2.53. The molecule has 0 fully saturated rings. The van der Waals surface area contributed by atoms with E-state index >= 15 is 0 Å². The predicted molar refractivity (Wildman–Crippen MR) is 91.8 cm³/mol. The Bertz CT molecular complexity index is 534. The van der Waals surface area contributed by atoms with Gasteiger partial charge in [-0.25, -0.2) is 0 Å². The number of benzene rings is 1. The zero-order chi connectivity index (χ0) is 17.4. The summed E-state index contributed by atoms with van der Waals surface area (Å²) in [7, 11) is 4.53. The molecule has 0 aliphatic rings. The van der Waals surface area contributed by atoms with Crippen LogP contribution in [0.15, 0.2) is 10.5 Å². The minimum absolute atomic E-state index is 0.190. The van der Waals surface area contributed by atoms with Crippen LogP contribution in [-0.2, 0) is 4.74 Å². The van der Waals surface area contributed by atoms with Gasteiger partial charge in [-0.2, -0.15) is 0 Å². The van der Waals surface area contributed by atoms with Gasteiger partial charge in [0.15, 0.2) is 11.5 Å². The second-order valence-electron chi connectivity index (χ2n) is 5.04. The molecule has 0 aromatic heterocycles. The molecule has 0 bridgehead atoms. The van der Waals surface area contributed by atoms with Crippen molar-refractivity contribution in [3.63, 3.8) is 0 Å². The van der Waals surface area contributed by atoms with Crippen LogP contribution in [0.3, 0.4) is 0 Å². The largest absolute Gasteiger partial charge is 0.493 e. The second kappa shape index (κ2) is 9.62. The number of rotatable bonds is 9. The maximum Gasteiger partial charge on any atom is 0.252 e. The van der Waals surface area contributed by atoms with Crippen LogP contribution in [0.2, 0.25) is 0 Å². The number of carbonyl (C=O) groups is 1. The highest BCUT2D eigenvalue weighted by molar-refractivity contribution is 9.10. The summed E-state index contributed by atoms with van der Waals surface area (Å²) in [6, 6.07) is 1.62. The first-order valence-electron chi connectivity index (χ1n) is 7.34. The lowest BCUT2D eigenvalue weighted by Crippen LogP contribution is -2.26. The van der Waals surface area contributed by atoms with Crippen molar-refractivity contribution in [2.75, 3.05) is 34.5 Å². The van der Waals surface area contributed by atoms with Gasteiger partial charge in [0.2, 0.25) is 5.75 Å². The normalized spacial score (nSPS) is 10.6. The van der Waals surface area contributed by atoms with E-state index in [1.165, 1.54) is 21.3 Å². The summed E-state index contributed by atoms with van der Waals surface area (Å²) in [4.78, 5) is 12.4. The van der Waals surface area contributed by atoms with Crippen molar-refractivity contribution < 1.29 is 23.7 Å². The van der Waals surface area contributed by atoms with Crippen LogP contribution in [0.4, 0.5) is 0 Å². The van der Waals surface area contributed by atoms with Crippen LogP contribution in [-0.4, -0.2) is 46.5 Å². The van der Waals surface area contributed by atoms with E-state index in [1.807, 2.05) is 13.8 Å². The smallest absolute Gasteiger partial charge is 0.252 e. The molecule has 1 rings (SSSR count). The Morgan fingerprint density at radius 3 is 2.35 bits per heavy atom. The molecule has 0 heterocycles. The first-order chi connectivity index (χ1) is 11.0. The predicted octanol–water partition coefficient (Wildman–Crippen LogP) is 3.02. The first kappa shape index (κ1) is 19.6. The molecule has 0 unspecified atom stereocenters. The number of amides is 1. The van der Waals surface area contributed by atoms with Gasteiger partial charge < -0.3 is 24.3 Å². The summed E-state index contributed by atoms with van der Waals surface area (Å²) in [6.45, 7) is 5.08. The van der Waals surface area contributed by atoms with Gasteiger partial charge in [-0.1, -0.05) is 0 Å². The number of nitrogens with one attached hydrogen (secondary N) is 1. The second-order valence-corrected chi connectivity index (χ2v) is 5.83. The molecule has 0 aliphatic carbocycles. The monoisotopic (exact) mass is 389 g/mol. The highest BCUT2D eigenvalue weighted by atomic mass is 79.9. The summed E-state index contributed by atoms with van der Waals surface area (Å²) in [5, 5.41) is 2.85. The minimum Gasteiger partial charge on any atom is -0.493 e. The Morgan fingerprint density at radius 2 is 1.83 bits per heavy atom. The van der Waals surface area contributed by atoms with Crippen molar-refractivity contribution in [3.05, 3.63) is 16.1 Å². The van der Waals surface area contributed by atoms with E-state index in [1.54, 1.807) is 6.07 Å². The minimum atomic E-state index is -0.222. The van der Waals surface area contributed by atoms with Gasteiger partial charge in [0.25, 0.3) is 5.91 Å². The number of hydrogen-bond acceptors (Lipinski definition) is 5. The van der Waals surface area contributed by atoms with Gasteiger partial charge >= 0.3 is 0 Å². The maximum absolute atomic E-state index is 12.4. The van der Waals surface area contributed by atoms with Gasteiger partial charge in [-0.15, -0.1) is 0 Å². The molecule has 1 aromatic carbocycles. The molecule has 7 heteroatoms. The van der Waals surface area contributed by atoms with Crippen LogP contribution < -0.4 is 19.5 Å². The molecule has 1 aromatic rings. The van der Waals surface area contributed by atoms with Crippen molar-refractivity contribution in [1.82, 2.24) is 5.32 Å². The fraction of sp³-hybridized carbons (Fsp3) is 0.562. The Kier molecular flexibility index (Phi) is 8.19. The molecule has 0 spiro atoms. The van der Waals surface area contributed by atoms with E-state index in [-0.39, 0.29) is 12.0 Å². The van der Waals surface area contributed by atoms with Crippen molar-refractivity contribution in [1.29, 1.82) is 0 Å². The molecule has 6 nitrogen and oxygen atoms in total. The molecule has 1 N–H and O–H groups in total. The van der Waals surface area contributed by atoms with Gasteiger partial charge in [0, 0.05) is 13.2 Å². The fourth-order valence-corrected chi connectivity index (χ4v) is 2.61. The van der Waals surface area contributed by atoms with E-state index in [0.717, 1.165) is 6.42 Å². The molecular formula is C16H24BrNO5. The summed E-state index contributed by atoms with van der Waals surface area (Å²) in [5.74, 6) is 1.06. The first-order valence-corrected chi connectivity index (χ1v) is 8.13. The number of methoxy groups -OCH3 is 3. The van der Waals surface area contributed by atoms with Crippen molar-refractivity contribution in [3.8, 4) is 17.2 Å². The van der Waals surface area contributed by atoms with E-state index in [4.69, 9.17) is 18.9 Å². The SMILES string of the molecule is COc1cc(C(=O)NCCCOC(C)C)c(Br)c(OC)c1OC. The lowest BCUT2D eigenvalue weighted by molar-refractivity contribution is 0.0757. The van der Waals surface area contributed by atoms with Crippen LogP contribution in [0.5, 0.6) is 17.2 Å². The highest BCUT2D eigenvalue weighted by Crippen LogP contribution is 2.44. The number of hydrogen-bond donors (Lipinski definition) is 1. The zero-order valence-electron chi connectivity index (χ0n) is 14.2. The van der Waals surface area contributed by atoms with Crippen molar-refractivity contribution in [2.45, 2.75) is 26.4 Å². The third kappa shape index (κ3) is 5.28. The van der Waals surface area contributed by atoms with Crippen molar-refractivity contribution in [2.24, 2.45) is 0 Å². The van der Waals surface area contributed by atoms with Gasteiger partial charge in [-0.3, -0.25) is 4.79 Å². The summed E-state index contributed by atoms with van der Waals surface area (Å²) in [5.41, 5.74) is 0.421. The standard InChI is InChI=1S/C16H24BrNO5/c1-10(2)23-8-6-7-18-16(19)11-9-12(20-3)14(21-4)15(22-5)13(11)17/h9-10H,6-8H2,1-5H3,(H,18,19). The third-order valence-electron chi connectivity index (χ3n) is 3.07. The molecule has 0 saturated heterocycles. The quantitative estimate of drug-likeness (QED) is 0.657. The Labute approximate surface area is 145 Å². The Morgan fingerprint density at radius 1 is 1.17 bits per heavy atom. The number of carbonyl (C=O) groups excluding carboxylic acids is 1. The zero-order valence-corrected chi connectivity index (χ0v) is 15.8. The van der Waals surface area contributed by atoms with E-state index < -0.39 is 0 Å². The van der Waals surface area contributed by atoms with E-state index in [9.17, 15) is 4.79 Å². The van der Waals surface area contributed by atoms with Gasteiger partial charge in [0.1, 0.15) is 0 Å². The number of halogens is 1. The summed E-state index contributed by atoms with van der Waals surface area (Å²) < 4.78 is 21.8. The van der Waals surface area contributed by atoms with Gasteiger partial charge in [-0.05, 0) is 42.3 Å².